The summed E-state index contributed by atoms with van der Waals surface area (Å²) in [5, 5.41) is 11.6. The van der Waals surface area contributed by atoms with Crippen LogP contribution in [0.1, 0.15) is 12.8 Å². The lowest BCUT2D eigenvalue weighted by atomic mass is 9.97. The SMILES string of the molecule is O=C(O)C1CCN(C(=O)NCCOc2ccccc2F)CC1. The number of likely N-dealkylation sites (tertiary alicyclic amines) is 1. The number of aliphatic carboxylic acids is 1. The van der Waals surface area contributed by atoms with Gasteiger partial charge in [0.15, 0.2) is 11.6 Å². The number of carbonyl (C=O) groups is 2. The van der Waals surface area contributed by atoms with Gasteiger partial charge in [-0.3, -0.25) is 4.79 Å². The van der Waals surface area contributed by atoms with Gasteiger partial charge in [0.2, 0.25) is 0 Å². The number of piperidine rings is 1. The number of amides is 2. The molecule has 0 spiro atoms. The molecule has 1 heterocycles. The van der Waals surface area contributed by atoms with Gasteiger partial charge in [-0.2, -0.15) is 0 Å². The van der Waals surface area contributed by atoms with Crippen molar-refractivity contribution < 1.29 is 23.8 Å². The van der Waals surface area contributed by atoms with Gasteiger partial charge in [-0.25, -0.2) is 9.18 Å². The lowest BCUT2D eigenvalue weighted by molar-refractivity contribution is -0.143. The van der Waals surface area contributed by atoms with Crippen LogP contribution in [0.25, 0.3) is 0 Å². The largest absolute Gasteiger partial charge is 0.489 e. The number of hydrogen-bond donors (Lipinski definition) is 2. The number of carboxylic acids is 1. The van der Waals surface area contributed by atoms with Crippen LogP contribution in [0.3, 0.4) is 0 Å². The number of para-hydroxylation sites is 1. The molecule has 1 aromatic carbocycles. The van der Waals surface area contributed by atoms with Gasteiger partial charge in [0.05, 0.1) is 12.5 Å². The van der Waals surface area contributed by atoms with Crippen LogP contribution in [-0.4, -0.2) is 48.2 Å². The molecule has 1 aliphatic rings. The van der Waals surface area contributed by atoms with Crippen molar-refractivity contribution in [1.82, 2.24) is 10.2 Å². The molecule has 1 aliphatic heterocycles. The topological polar surface area (TPSA) is 78.9 Å². The highest BCUT2D eigenvalue weighted by Crippen LogP contribution is 2.17. The molecule has 2 rings (SSSR count). The number of hydrogen-bond acceptors (Lipinski definition) is 3. The third-order valence-electron chi connectivity index (χ3n) is 3.60. The number of benzene rings is 1. The average Bonchev–Trinajstić information content (AvgIpc) is 2.53. The third kappa shape index (κ3) is 4.34. The zero-order valence-electron chi connectivity index (χ0n) is 12.1. The van der Waals surface area contributed by atoms with E-state index < -0.39 is 11.8 Å². The second-order valence-corrected chi connectivity index (χ2v) is 5.11. The smallest absolute Gasteiger partial charge is 0.317 e. The van der Waals surface area contributed by atoms with Crippen LogP contribution in [-0.2, 0) is 4.79 Å². The summed E-state index contributed by atoms with van der Waals surface area (Å²) < 4.78 is 18.5. The van der Waals surface area contributed by atoms with Crippen molar-refractivity contribution >= 4 is 12.0 Å². The zero-order chi connectivity index (χ0) is 15.9. The van der Waals surface area contributed by atoms with Gasteiger partial charge < -0.3 is 20.1 Å². The van der Waals surface area contributed by atoms with Gasteiger partial charge in [-0.15, -0.1) is 0 Å². The van der Waals surface area contributed by atoms with E-state index in [1.165, 1.54) is 12.1 Å². The third-order valence-corrected chi connectivity index (χ3v) is 3.60. The van der Waals surface area contributed by atoms with E-state index in [0.717, 1.165) is 0 Å². The molecule has 22 heavy (non-hydrogen) atoms. The predicted octanol–water partition coefficient (Wildman–Crippen LogP) is 1.71. The molecule has 120 valence electrons. The Kier molecular flexibility index (Phi) is 5.57. The first-order valence-corrected chi connectivity index (χ1v) is 7.21. The van der Waals surface area contributed by atoms with E-state index in [9.17, 15) is 14.0 Å². The normalized spacial score (nSPS) is 15.4. The number of nitrogens with one attached hydrogen (secondary N) is 1. The summed E-state index contributed by atoms with van der Waals surface area (Å²) in [5.41, 5.74) is 0. The van der Waals surface area contributed by atoms with E-state index in [1.807, 2.05) is 0 Å². The van der Waals surface area contributed by atoms with E-state index in [-0.39, 0.29) is 30.9 Å². The van der Waals surface area contributed by atoms with Crippen molar-refractivity contribution in [3.05, 3.63) is 30.1 Å². The molecule has 0 aromatic heterocycles. The van der Waals surface area contributed by atoms with E-state index in [1.54, 1.807) is 17.0 Å². The number of halogens is 1. The molecule has 0 unspecified atom stereocenters. The van der Waals surface area contributed by atoms with Crippen molar-refractivity contribution in [2.45, 2.75) is 12.8 Å². The van der Waals surface area contributed by atoms with Gasteiger partial charge in [0, 0.05) is 13.1 Å². The number of carbonyl (C=O) groups excluding carboxylic acids is 1. The minimum atomic E-state index is -0.807. The number of ether oxygens (including phenoxy) is 1. The van der Waals surface area contributed by atoms with Crippen LogP contribution in [0.5, 0.6) is 5.75 Å². The van der Waals surface area contributed by atoms with Gasteiger partial charge in [-0.1, -0.05) is 12.1 Å². The van der Waals surface area contributed by atoms with Crippen molar-refractivity contribution in [2.75, 3.05) is 26.2 Å². The van der Waals surface area contributed by atoms with Crippen LogP contribution in [0, 0.1) is 11.7 Å². The number of rotatable bonds is 5. The summed E-state index contributed by atoms with van der Waals surface area (Å²) in [4.78, 5) is 24.3. The Hall–Kier alpha value is -2.31. The molecule has 1 aromatic rings. The minimum absolute atomic E-state index is 0.152. The van der Waals surface area contributed by atoms with Gasteiger partial charge in [-0.05, 0) is 25.0 Å². The van der Waals surface area contributed by atoms with Crippen LogP contribution in [0.15, 0.2) is 24.3 Å². The number of nitrogens with zero attached hydrogens (tertiary/aromatic N) is 1. The summed E-state index contributed by atoms with van der Waals surface area (Å²) in [5.74, 6) is -1.46. The first-order valence-electron chi connectivity index (χ1n) is 7.21. The molecule has 0 aliphatic carbocycles. The summed E-state index contributed by atoms with van der Waals surface area (Å²) in [7, 11) is 0. The molecule has 0 saturated carbocycles. The highest BCUT2D eigenvalue weighted by Gasteiger charge is 2.26. The zero-order valence-corrected chi connectivity index (χ0v) is 12.1. The molecule has 6 nitrogen and oxygen atoms in total. The van der Waals surface area contributed by atoms with Crippen molar-refractivity contribution in [2.24, 2.45) is 5.92 Å². The predicted molar refractivity (Wildman–Crippen MR) is 77.2 cm³/mol. The summed E-state index contributed by atoms with van der Waals surface area (Å²) in [6, 6.07) is 5.82. The Balaban J connectivity index is 1.66. The van der Waals surface area contributed by atoms with Gasteiger partial charge >= 0.3 is 12.0 Å². The molecule has 1 fully saturated rings. The van der Waals surface area contributed by atoms with E-state index in [2.05, 4.69) is 5.32 Å². The van der Waals surface area contributed by atoms with Gasteiger partial charge in [0.25, 0.3) is 0 Å². The Morgan fingerprint density at radius 3 is 2.64 bits per heavy atom. The molecule has 2 amide bonds. The van der Waals surface area contributed by atoms with Crippen molar-refractivity contribution in [1.29, 1.82) is 0 Å². The fourth-order valence-corrected chi connectivity index (χ4v) is 2.32. The maximum Gasteiger partial charge on any atom is 0.317 e. The van der Waals surface area contributed by atoms with Crippen LogP contribution in [0.4, 0.5) is 9.18 Å². The summed E-state index contributed by atoms with van der Waals surface area (Å²) >= 11 is 0. The Morgan fingerprint density at radius 1 is 1.32 bits per heavy atom. The van der Waals surface area contributed by atoms with Crippen LogP contribution in [0.2, 0.25) is 0 Å². The lowest BCUT2D eigenvalue weighted by Gasteiger charge is -2.30. The molecule has 0 atom stereocenters. The van der Waals surface area contributed by atoms with E-state index in [4.69, 9.17) is 9.84 Å². The average molecular weight is 310 g/mol. The van der Waals surface area contributed by atoms with E-state index in [0.29, 0.717) is 25.9 Å². The van der Waals surface area contributed by atoms with Crippen molar-refractivity contribution in [3.63, 3.8) is 0 Å². The maximum atomic E-state index is 13.3. The van der Waals surface area contributed by atoms with Crippen LogP contribution < -0.4 is 10.1 Å². The Morgan fingerprint density at radius 2 is 2.00 bits per heavy atom. The monoisotopic (exact) mass is 310 g/mol. The molecular formula is C15H19FN2O4. The highest BCUT2D eigenvalue weighted by molar-refractivity contribution is 5.75. The number of carboxylic acid groups (broad SMARTS) is 1. The minimum Gasteiger partial charge on any atom is -0.489 e. The van der Waals surface area contributed by atoms with Gasteiger partial charge in [0.1, 0.15) is 6.61 Å². The fourth-order valence-electron chi connectivity index (χ4n) is 2.32. The standard InChI is InChI=1S/C15H19FN2O4/c16-12-3-1-2-4-13(12)22-10-7-17-15(21)18-8-5-11(6-9-18)14(19)20/h1-4,11H,5-10H2,(H,17,21)(H,19,20). The molecule has 0 bridgehead atoms. The molecule has 2 N–H and O–H groups in total. The second-order valence-electron chi connectivity index (χ2n) is 5.11. The van der Waals surface area contributed by atoms with Crippen LogP contribution >= 0.6 is 0 Å². The summed E-state index contributed by atoms with van der Waals surface area (Å²) in [6.07, 6.45) is 0.933. The Labute approximate surface area is 127 Å². The first kappa shape index (κ1) is 16.1. The quantitative estimate of drug-likeness (QED) is 0.812. The lowest BCUT2D eigenvalue weighted by Crippen LogP contribution is -2.46. The highest BCUT2D eigenvalue weighted by atomic mass is 19.1. The molecule has 0 radical (unpaired) electrons. The Bertz CT molecular complexity index is 530. The molecule has 7 heteroatoms. The fraction of sp³-hybridized carbons (Fsp3) is 0.467. The molecule has 1 saturated heterocycles. The molecular weight excluding hydrogens is 291 g/mol. The second kappa shape index (κ2) is 7.63. The van der Waals surface area contributed by atoms with Crippen molar-refractivity contribution in [3.8, 4) is 5.75 Å². The maximum absolute atomic E-state index is 13.3. The number of urea groups is 1. The first-order chi connectivity index (χ1) is 10.6. The summed E-state index contributed by atoms with van der Waals surface area (Å²) in [6.45, 7) is 1.28. The van der Waals surface area contributed by atoms with E-state index >= 15 is 0 Å².